The number of aliphatic hydroxyl groups is 1. The van der Waals surface area contributed by atoms with E-state index in [0.717, 1.165) is 11.1 Å². The molecule has 1 radical (unpaired) electrons. The maximum absolute atomic E-state index is 10.7. The Hall–Kier alpha value is -2.46. The van der Waals surface area contributed by atoms with Gasteiger partial charge < -0.3 is 14.6 Å². The van der Waals surface area contributed by atoms with Crippen molar-refractivity contribution in [2.45, 2.75) is 26.9 Å². The van der Waals surface area contributed by atoms with Crippen LogP contribution in [0, 0.1) is 24.2 Å². The zero-order valence-corrected chi connectivity index (χ0v) is 16.8. The number of aliphatic hydroxyl groups excluding tert-OH is 1. The number of benzene rings is 1. The average molecular weight is 382 g/mol. The van der Waals surface area contributed by atoms with Crippen molar-refractivity contribution >= 4 is 11.8 Å². The highest BCUT2D eigenvalue weighted by atomic mass is 16.5. The summed E-state index contributed by atoms with van der Waals surface area (Å²) in [4.78, 5) is 3.99. The molecule has 6 nitrogen and oxygen atoms in total. The molecule has 0 aliphatic carbocycles. The lowest BCUT2D eigenvalue weighted by Gasteiger charge is -2.27. The highest BCUT2D eigenvalue weighted by Gasteiger charge is 2.27. The maximum atomic E-state index is 10.7. The Bertz CT molecular complexity index is 794. The molecule has 2 aromatic rings. The molecule has 0 amide bonds. The Morgan fingerprint density at radius 3 is 2.57 bits per heavy atom. The first-order chi connectivity index (χ1) is 13.4. The van der Waals surface area contributed by atoms with Crippen LogP contribution in [0.2, 0.25) is 0 Å². The van der Waals surface area contributed by atoms with Crippen LogP contribution in [-0.4, -0.2) is 52.4 Å². The molecule has 28 heavy (non-hydrogen) atoms. The zero-order valence-electron chi connectivity index (χ0n) is 16.8. The fourth-order valence-corrected chi connectivity index (χ4v) is 2.37. The molecular formula is C22H28N3O3. The van der Waals surface area contributed by atoms with Crippen molar-refractivity contribution in [2.24, 2.45) is 5.41 Å². The second-order valence-corrected chi connectivity index (χ2v) is 7.27. The molecule has 149 valence electrons. The fourth-order valence-electron chi connectivity index (χ4n) is 2.37. The fraction of sp³-hybridized carbons (Fsp3) is 0.409. The maximum Gasteiger partial charge on any atom is 0.138 e. The van der Waals surface area contributed by atoms with Crippen molar-refractivity contribution in [1.29, 1.82) is 0 Å². The standard InChI is InChI=1S/C22H28N3O3/c1-5-27-13-14-28-12-6-7-18-8-10-19(11-9-18)15-20(21(26)22(2,3)4)25-17-23-16-24-25/h8-11,15-17,21,26H,1,5,12-14H2,2-4H3/b20-15+. The molecule has 1 aromatic carbocycles. The van der Waals surface area contributed by atoms with Gasteiger partial charge in [0.15, 0.2) is 0 Å². The van der Waals surface area contributed by atoms with Crippen molar-refractivity contribution in [3.63, 3.8) is 0 Å². The van der Waals surface area contributed by atoms with E-state index in [1.165, 1.54) is 6.33 Å². The molecular weight excluding hydrogens is 354 g/mol. The minimum atomic E-state index is -0.696. The molecule has 0 saturated carbocycles. The van der Waals surface area contributed by atoms with Crippen LogP contribution in [0.3, 0.4) is 0 Å². The molecule has 1 aromatic heterocycles. The van der Waals surface area contributed by atoms with Gasteiger partial charge in [0.05, 0.1) is 18.9 Å². The van der Waals surface area contributed by atoms with Crippen molar-refractivity contribution in [1.82, 2.24) is 14.8 Å². The van der Waals surface area contributed by atoms with Crippen molar-refractivity contribution in [3.05, 3.63) is 55.0 Å². The Balaban J connectivity index is 2.06. The van der Waals surface area contributed by atoms with E-state index in [0.29, 0.717) is 32.1 Å². The second-order valence-electron chi connectivity index (χ2n) is 7.27. The summed E-state index contributed by atoms with van der Waals surface area (Å²) in [6.07, 6.45) is 4.25. The molecule has 1 atom stereocenters. The Morgan fingerprint density at radius 1 is 1.25 bits per heavy atom. The molecule has 0 saturated heterocycles. The van der Waals surface area contributed by atoms with Gasteiger partial charge in [-0.1, -0.05) is 44.7 Å². The van der Waals surface area contributed by atoms with Crippen LogP contribution in [0.15, 0.2) is 36.9 Å². The summed E-state index contributed by atoms with van der Waals surface area (Å²) < 4.78 is 12.0. The lowest BCUT2D eigenvalue weighted by molar-refractivity contribution is 0.0722. The first kappa shape index (κ1) is 21.8. The van der Waals surface area contributed by atoms with Crippen molar-refractivity contribution in [3.8, 4) is 11.8 Å². The minimum Gasteiger partial charge on any atom is -0.386 e. The number of ether oxygens (including phenoxy) is 2. The molecule has 0 aliphatic heterocycles. The van der Waals surface area contributed by atoms with Gasteiger partial charge in [-0.25, -0.2) is 9.67 Å². The van der Waals surface area contributed by atoms with E-state index in [2.05, 4.69) is 28.8 Å². The Kier molecular flexibility index (Phi) is 8.40. The van der Waals surface area contributed by atoms with Crippen molar-refractivity contribution < 1.29 is 14.6 Å². The summed E-state index contributed by atoms with van der Waals surface area (Å²) in [5.41, 5.74) is 2.18. The van der Waals surface area contributed by atoms with E-state index in [-0.39, 0.29) is 5.41 Å². The van der Waals surface area contributed by atoms with Gasteiger partial charge in [-0.3, -0.25) is 0 Å². The van der Waals surface area contributed by atoms with Gasteiger partial charge in [-0.05, 0) is 36.1 Å². The van der Waals surface area contributed by atoms with Gasteiger partial charge in [0.25, 0.3) is 0 Å². The number of nitrogens with zero attached hydrogens (tertiary/aromatic N) is 3. The molecule has 1 unspecified atom stereocenters. The predicted molar refractivity (Wildman–Crippen MR) is 110 cm³/mol. The first-order valence-electron chi connectivity index (χ1n) is 9.20. The second kappa shape index (κ2) is 10.8. The number of hydrogen-bond donors (Lipinski definition) is 1. The van der Waals surface area contributed by atoms with E-state index in [1.54, 1.807) is 11.0 Å². The quantitative estimate of drug-likeness (QED) is 0.562. The van der Waals surface area contributed by atoms with Crippen LogP contribution in [0.4, 0.5) is 0 Å². The van der Waals surface area contributed by atoms with Gasteiger partial charge in [-0.15, -0.1) is 0 Å². The third-order valence-electron chi connectivity index (χ3n) is 3.93. The van der Waals surface area contributed by atoms with Gasteiger partial charge >= 0.3 is 0 Å². The van der Waals surface area contributed by atoms with Crippen LogP contribution in [-0.2, 0) is 9.47 Å². The molecule has 6 heteroatoms. The van der Waals surface area contributed by atoms with Gasteiger partial charge in [0, 0.05) is 12.2 Å². The number of rotatable bonds is 8. The largest absolute Gasteiger partial charge is 0.386 e. The van der Waals surface area contributed by atoms with E-state index >= 15 is 0 Å². The molecule has 1 N–H and O–H groups in total. The molecule has 0 spiro atoms. The Morgan fingerprint density at radius 2 is 1.96 bits per heavy atom. The van der Waals surface area contributed by atoms with Crippen LogP contribution in [0.5, 0.6) is 0 Å². The smallest absolute Gasteiger partial charge is 0.138 e. The third-order valence-corrected chi connectivity index (χ3v) is 3.93. The minimum absolute atomic E-state index is 0.331. The summed E-state index contributed by atoms with van der Waals surface area (Å²) >= 11 is 0. The monoisotopic (exact) mass is 382 g/mol. The molecule has 2 rings (SSSR count). The van der Waals surface area contributed by atoms with Crippen LogP contribution >= 0.6 is 0 Å². The van der Waals surface area contributed by atoms with Crippen LogP contribution in [0.25, 0.3) is 11.8 Å². The van der Waals surface area contributed by atoms with Gasteiger partial charge in [-0.2, -0.15) is 5.10 Å². The number of hydrogen-bond acceptors (Lipinski definition) is 5. The van der Waals surface area contributed by atoms with Crippen LogP contribution in [0.1, 0.15) is 31.9 Å². The number of aromatic nitrogens is 3. The van der Waals surface area contributed by atoms with E-state index in [4.69, 9.17) is 9.47 Å². The molecule has 0 bridgehead atoms. The predicted octanol–water partition coefficient (Wildman–Crippen LogP) is 2.90. The molecule has 0 fully saturated rings. The van der Waals surface area contributed by atoms with E-state index in [1.807, 2.05) is 51.1 Å². The molecule has 1 heterocycles. The highest BCUT2D eigenvalue weighted by molar-refractivity contribution is 5.73. The van der Waals surface area contributed by atoms with E-state index in [9.17, 15) is 5.11 Å². The average Bonchev–Trinajstić information content (AvgIpc) is 3.19. The third kappa shape index (κ3) is 6.93. The summed E-state index contributed by atoms with van der Waals surface area (Å²) in [6.45, 7) is 11.4. The zero-order chi connectivity index (χ0) is 20.4. The topological polar surface area (TPSA) is 69.4 Å². The summed E-state index contributed by atoms with van der Waals surface area (Å²) in [6, 6.07) is 7.79. The van der Waals surface area contributed by atoms with E-state index < -0.39 is 6.10 Å². The molecule has 0 aliphatic rings. The van der Waals surface area contributed by atoms with Crippen LogP contribution < -0.4 is 0 Å². The first-order valence-corrected chi connectivity index (χ1v) is 9.20. The Labute approximate surface area is 167 Å². The normalized spacial score (nSPS) is 13.1. The van der Waals surface area contributed by atoms with Crippen molar-refractivity contribution in [2.75, 3.05) is 26.4 Å². The van der Waals surface area contributed by atoms with Gasteiger partial charge in [0.1, 0.15) is 25.4 Å². The lowest BCUT2D eigenvalue weighted by atomic mass is 9.86. The highest BCUT2D eigenvalue weighted by Crippen LogP contribution is 2.28. The summed E-state index contributed by atoms with van der Waals surface area (Å²) in [5, 5.41) is 14.9. The van der Waals surface area contributed by atoms with Gasteiger partial charge in [0.2, 0.25) is 0 Å². The lowest BCUT2D eigenvalue weighted by Crippen LogP contribution is -2.29. The SMILES string of the molecule is [CH2]COCCOCC#Cc1ccc(/C=C(\C(O)C(C)(C)C)n2cncn2)cc1. The summed E-state index contributed by atoms with van der Waals surface area (Å²) in [7, 11) is 0. The summed E-state index contributed by atoms with van der Waals surface area (Å²) in [5.74, 6) is 6.04.